The second-order valence-electron chi connectivity index (χ2n) is 15.0. The standard InChI is InChI=1S/C39H43N3O11S/c1-16-9-20-10-22-37(46)42-23-13-50-38(47)39(21-12-25(48-5)24(44)11-19(21)7-8-41(39)4)14-54-36(30(42)29(40-22)26(20)31(45)32(16)49-6)28-27(23)35-34(51-15-52-35)17(2)33(28)53-18(3)43/h9,11-12,22-23,29-30,36-37,40,44-46H,7-8,10,13-15H2,1-6H3/t22?,23-,29?,30?,36?,37-,39-/m0/s1. The van der Waals surface area contributed by atoms with Crippen LogP contribution < -0.4 is 29.0 Å². The van der Waals surface area contributed by atoms with E-state index in [1.54, 1.807) is 12.1 Å². The zero-order chi connectivity index (χ0) is 38.0. The number of phenolic OH excluding ortho intramolecular Hbond substituents is 2. The van der Waals surface area contributed by atoms with E-state index in [1.165, 1.54) is 32.9 Å². The second-order valence-corrected chi connectivity index (χ2v) is 16.1. The van der Waals surface area contributed by atoms with Crippen LogP contribution in [-0.2, 0) is 32.7 Å². The van der Waals surface area contributed by atoms with Gasteiger partial charge >= 0.3 is 11.9 Å². The summed E-state index contributed by atoms with van der Waals surface area (Å²) in [6.45, 7) is 5.32. The van der Waals surface area contributed by atoms with Gasteiger partial charge in [-0.15, -0.1) is 11.8 Å². The van der Waals surface area contributed by atoms with E-state index in [0.29, 0.717) is 70.2 Å². The lowest BCUT2D eigenvalue weighted by atomic mass is 9.74. The number of hydrogen-bond donors (Lipinski definition) is 4. The van der Waals surface area contributed by atoms with Crippen molar-refractivity contribution in [3.63, 3.8) is 0 Å². The highest BCUT2D eigenvalue weighted by atomic mass is 32.2. The topological polar surface area (TPSA) is 169 Å². The number of thioether (sulfide) groups is 1. The number of esters is 2. The number of fused-ring (bicyclic) bond motifs is 9. The molecule has 7 heterocycles. The molecule has 2 fully saturated rings. The number of nitrogens with zero attached hydrogens (tertiary/aromatic N) is 2. The quantitative estimate of drug-likeness (QED) is 0.226. The van der Waals surface area contributed by atoms with Crippen LogP contribution in [0.2, 0.25) is 0 Å². The fraction of sp³-hybridized carbons (Fsp3) is 0.487. The smallest absolute Gasteiger partial charge is 0.332 e. The third-order valence-corrected chi connectivity index (χ3v) is 13.7. The van der Waals surface area contributed by atoms with Crippen LogP contribution in [-0.4, -0.2) is 102 Å². The number of methoxy groups -OCH3 is 2. The molecule has 0 radical (unpaired) electrons. The summed E-state index contributed by atoms with van der Waals surface area (Å²) in [6, 6.07) is 3.04. The maximum atomic E-state index is 14.9. The first-order chi connectivity index (χ1) is 25.9. The van der Waals surface area contributed by atoms with Crippen molar-refractivity contribution in [2.24, 2.45) is 0 Å². The molecule has 0 saturated carbocycles. The lowest BCUT2D eigenvalue weighted by Crippen LogP contribution is -2.69. The molecule has 7 aliphatic rings. The van der Waals surface area contributed by atoms with Crippen LogP contribution in [0.4, 0.5) is 0 Å². The lowest BCUT2D eigenvalue weighted by Gasteiger charge is -2.59. The maximum absolute atomic E-state index is 14.9. The zero-order valence-electron chi connectivity index (χ0n) is 30.8. The highest BCUT2D eigenvalue weighted by Gasteiger charge is 2.60. The van der Waals surface area contributed by atoms with Crippen LogP contribution >= 0.6 is 11.8 Å². The van der Waals surface area contributed by atoms with Gasteiger partial charge in [0.1, 0.15) is 18.6 Å². The number of hydrogen-bond acceptors (Lipinski definition) is 15. The average molecular weight is 762 g/mol. The number of benzene rings is 3. The Hall–Kier alpha value is -4.41. The summed E-state index contributed by atoms with van der Waals surface area (Å²) in [6.07, 6.45) is -0.0425. The number of rotatable bonds is 3. The first-order valence-corrected chi connectivity index (χ1v) is 19.1. The Morgan fingerprint density at radius 1 is 1.02 bits per heavy atom. The van der Waals surface area contributed by atoms with Crippen molar-refractivity contribution in [1.29, 1.82) is 0 Å². The number of carbonyl (C=O) groups excluding carboxylic acids is 2. The van der Waals surface area contributed by atoms with Gasteiger partial charge in [-0.1, -0.05) is 6.07 Å². The average Bonchev–Trinajstić information content (AvgIpc) is 3.64. The molecule has 286 valence electrons. The van der Waals surface area contributed by atoms with Gasteiger partial charge in [-0.05, 0) is 68.1 Å². The minimum absolute atomic E-state index is 0.0173. The Kier molecular flexibility index (Phi) is 8.21. The Bertz CT molecular complexity index is 2130. The minimum Gasteiger partial charge on any atom is -0.504 e. The monoisotopic (exact) mass is 761 g/mol. The van der Waals surface area contributed by atoms with E-state index in [9.17, 15) is 24.9 Å². The van der Waals surface area contributed by atoms with Crippen LogP contribution in [0.25, 0.3) is 0 Å². The van der Waals surface area contributed by atoms with Crippen molar-refractivity contribution >= 4 is 23.7 Å². The van der Waals surface area contributed by atoms with Gasteiger partial charge in [-0.25, -0.2) is 4.79 Å². The molecule has 4 N–H and O–H groups in total. The van der Waals surface area contributed by atoms with Crippen LogP contribution in [0.5, 0.6) is 40.2 Å². The summed E-state index contributed by atoms with van der Waals surface area (Å²) < 4.78 is 36.0. The molecule has 15 heteroatoms. The maximum Gasteiger partial charge on any atom is 0.332 e. The molecule has 1 spiro atoms. The van der Waals surface area contributed by atoms with E-state index in [1.807, 2.05) is 36.8 Å². The molecule has 0 aliphatic carbocycles. The zero-order valence-corrected chi connectivity index (χ0v) is 31.7. The number of nitrogens with one attached hydrogen (secondary N) is 1. The van der Waals surface area contributed by atoms with Crippen molar-refractivity contribution in [2.45, 2.75) is 74.8 Å². The number of aromatic hydroxyl groups is 2. The van der Waals surface area contributed by atoms with E-state index >= 15 is 0 Å². The number of carbonyl (C=O) groups is 2. The predicted molar refractivity (Wildman–Crippen MR) is 195 cm³/mol. The Morgan fingerprint density at radius 2 is 1.80 bits per heavy atom. The largest absolute Gasteiger partial charge is 0.504 e. The summed E-state index contributed by atoms with van der Waals surface area (Å²) in [7, 11) is 4.89. The van der Waals surface area contributed by atoms with Gasteiger partial charge in [0.2, 0.25) is 6.79 Å². The molecule has 4 unspecified atom stereocenters. The number of aryl methyl sites for hydroxylation is 1. The van der Waals surface area contributed by atoms with E-state index in [2.05, 4.69) is 5.32 Å². The predicted octanol–water partition coefficient (Wildman–Crippen LogP) is 3.41. The van der Waals surface area contributed by atoms with Crippen molar-refractivity contribution in [3.8, 4) is 40.2 Å². The fourth-order valence-electron chi connectivity index (χ4n) is 9.90. The van der Waals surface area contributed by atoms with Gasteiger partial charge in [0, 0.05) is 47.5 Å². The van der Waals surface area contributed by atoms with Crippen molar-refractivity contribution in [3.05, 3.63) is 62.7 Å². The molecule has 4 bridgehead atoms. The summed E-state index contributed by atoms with van der Waals surface area (Å²) in [5.74, 6) is 0.986. The molecule has 0 aromatic heterocycles. The minimum atomic E-state index is -1.31. The van der Waals surface area contributed by atoms with E-state index in [0.717, 1.165) is 16.7 Å². The van der Waals surface area contributed by atoms with Crippen LogP contribution in [0, 0.1) is 13.8 Å². The van der Waals surface area contributed by atoms with Gasteiger partial charge in [-0.2, -0.15) is 0 Å². The molecule has 7 aliphatic heterocycles. The molecule has 3 aromatic carbocycles. The summed E-state index contributed by atoms with van der Waals surface area (Å²) in [4.78, 5) is 31.7. The number of piperazine rings is 1. The first-order valence-electron chi connectivity index (χ1n) is 18.1. The molecule has 7 atom stereocenters. The molecule has 10 rings (SSSR count). The SMILES string of the molecule is COc1cc2c(cc1O)CCN(C)[C@@]21CSC2c3c(OC(C)=O)c(C)c4c(c3[C@H](COC1=O)N1C2C2NC(Cc3cc(C)c(OC)c(O)c32)[C@@H]1O)OCO4. The highest BCUT2D eigenvalue weighted by Crippen LogP contribution is 2.63. The molecular formula is C39H43N3O11S. The lowest BCUT2D eigenvalue weighted by molar-refractivity contribution is -0.169. The molecule has 54 heavy (non-hydrogen) atoms. The Morgan fingerprint density at radius 3 is 2.54 bits per heavy atom. The Labute approximate surface area is 316 Å². The fourth-order valence-corrected chi connectivity index (χ4v) is 11.7. The van der Waals surface area contributed by atoms with E-state index < -0.39 is 53.1 Å². The summed E-state index contributed by atoms with van der Waals surface area (Å²) in [5, 5.41) is 38.2. The van der Waals surface area contributed by atoms with Crippen molar-refractivity contribution < 1.29 is 53.3 Å². The van der Waals surface area contributed by atoms with Crippen molar-refractivity contribution in [1.82, 2.24) is 15.1 Å². The number of aliphatic hydroxyl groups excluding tert-OH is 1. The van der Waals surface area contributed by atoms with E-state index in [-0.39, 0.29) is 36.4 Å². The normalized spacial score (nSPS) is 29.4. The highest BCUT2D eigenvalue weighted by molar-refractivity contribution is 7.99. The van der Waals surface area contributed by atoms with Gasteiger partial charge in [0.05, 0.1) is 37.6 Å². The van der Waals surface area contributed by atoms with Crippen LogP contribution in [0.15, 0.2) is 18.2 Å². The number of aliphatic hydroxyl groups is 1. The van der Waals surface area contributed by atoms with Crippen molar-refractivity contribution in [2.75, 3.05) is 47.0 Å². The van der Waals surface area contributed by atoms with Gasteiger partial charge < -0.3 is 49.1 Å². The van der Waals surface area contributed by atoms with Gasteiger partial charge in [-0.3, -0.25) is 14.6 Å². The Balaban J connectivity index is 1.32. The van der Waals surface area contributed by atoms with Crippen LogP contribution in [0.3, 0.4) is 0 Å². The van der Waals surface area contributed by atoms with Crippen LogP contribution in [0.1, 0.15) is 68.8 Å². The molecule has 2 saturated heterocycles. The molecule has 0 amide bonds. The number of ether oxygens (including phenoxy) is 6. The van der Waals surface area contributed by atoms with Gasteiger partial charge in [0.15, 0.2) is 40.0 Å². The second kappa shape index (κ2) is 12.6. The molecule has 3 aromatic rings. The number of likely N-dealkylation sites (N-methyl/N-ethyl adjacent to an activating group) is 1. The first kappa shape index (κ1) is 35.3. The number of phenols is 2. The summed E-state index contributed by atoms with van der Waals surface area (Å²) >= 11 is 1.48. The third kappa shape index (κ3) is 4.74. The third-order valence-electron chi connectivity index (χ3n) is 12.3. The summed E-state index contributed by atoms with van der Waals surface area (Å²) in [5.41, 5.74) is 4.39. The van der Waals surface area contributed by atoms with Gasteiger partial charge in [0.25, 0.3) is 0 Å². The molecule has 14 nitrogen and oxygen atoms in total. The molecular weight excluding hydrogens is 719 g/mol. The van der Waals surface area contributed by atoms with E-state index in [4.69, 9.17) is 28.4 Å².